The number of anilines is 1. The van der Waals surface area contributed by atoms with E-state index < -0.39 is 5.97 Å². The zero-order valence-corrected chi connectivity index (χ0v) is 11.1. The van der Waals surface area contributed by atoms with Crippen molar-refractivity contribution in [2.45, 2.75) is 6.54 Å². The van der Waals surface area contributed by atoms with Gasteiger partial charge in [-0.2, -0.15) is 5.26 Å². The molecule has 0 radical (unpaired) electrons. The maximum atomic E-state index is 11.8. The van der Waals surface area contributed by atoms with Gasteiger partial charge < -0.3 is 10.1 Å². The predicted molar refractivity (Wildman–Crippen MR) is 71.1 cm³/mol. The third kappa shape index (κ3) is 3.63. The molecule has 1 aromatic carbocycles. The molecule has 106 valence electrons. The van der Waals surface area contributed by atoms with Crippen LogP contribution in [0.2, 0.25) is 0 Å². The summed E-state index contributed by atoms with van der Waals surface area (Å²) in [4.78, 5) is 26.7. The smallest absolute Gasteiger partial charge is 0.337 e. The third-order valence-electron chi connectivity index (χ3n) is 2.53. The van der Waals surface area contributed by atoms with Crippen LogP contribution < -0.4 is 5.32 Å². The number of methoxy groups -OCH3 is 1. The summed E-state index contributed by atoms with van der Waals surface area (Å²) in [5.41, 5.74) is 0.929. The molecule has 2 aromatic rings. The number of carbonyl (C=O) groups excluding carboxylic acids is 2. The molecular formula is C13H11N5O3. The van der Waals surface area contributed by atoms with Crippen molar-refractivity contribution in [3.05, 3.63) is 42.0 Å². The number of aromatic nitrogens is 3. The monoisotopic (exact) mass is 285 g/mol. The molecule has 0 aliphatic carbocycles. The van der Waals surface area contributed by atoms with E-state index in [-0.39, 0.29) is 18.3 Å². The summed E-state index contributed by atoms with van der Waals surface area (Å²) in [7, 11) is 1.30. The van der Waals surface area contributed by atoms with Crippen LogP contribution in [0.4, 0.5) is 5.69 Å². The van der Waals surface area contributed by atoms with Crippen molar-refractivity contribution >= 4 is 17.6 Å². The molecule has 0 saturated carbocycles. The molecule has 21 heavy (non-hydrogen) atoms. The van der Waals surface area contributed by atoms with Crippen LogP contribution in [0.3, 0.4) is 0 Å². The van der Waals surface area contributed by atoms with Gasteiger partial charge in [0.05, 0.1) is 12.7 Å². The summed E-state index contributed by atoms with van der Waals surface area (Å²) in [6.07, 6.45) is 1.30. The van der Waals surface area contributed by atoms with Crippen LogP contribution in [0.15, 0.2) is 30.6 Å². The highest BCUT2D eigenvalue weighted by molar-refractivity contribution is 5.92. The van der Waals surface area contributed by atoms with Crippen LogP contribution in [0, 0.1) is 11.3 Å². The van der Waals surface area contributed by atoms with E-state index in [0.717, 1.165) is 0 Å². The van der Waals surface area contributed by atoms with E-state index in [1.807, 2.05) is 0 Å². The molecule has 8 nitrogen and oxygen atoms in total. The van der Waals surface area contributed by atoms with Gasteiger partial charge in [-0.05, 0) is 24.3 Å². The molecule has 1 aromatic heterocycles. The molecule has 8 heteroatoms. The fourth-order valence-corrected chi connectivity index (χ4v) is 1.58. The Morgan fingerprint density at radius 3 is 2.67 bits per heavy atom. The lowest BCUT2D eigenvalue weighted by atomic mass is 10.2. The number of nitriles is 1. The molecule has 0 spiro atoms. The number of nitrogens with zero attached hydrogens (tertiary/aromatic N) is 4. The summed E-state index contributed by atoms with van der Waals surface area (Å²) in [6.45, 7) is -0.0621. The van der Waals surface area contributed by atoms with Crippen LogP contribution in [0.25, 0.3) is 0 Å². The highest BCUT2D eigenvalue weighted by Crippen LogP contribution is 2.10. The van der Waals surface area contributed by atoms with E-state index in [2.05, 4.69) is 20.1 Å². The minimum atomic E-state index is -0.445. The first-order chi connectivity index (χ1) is 10.1. The number of rotatable bonds is 4. The van der Waals surface area contributed by atoms with Crippen molar-refractivity contribution in [3.8, 4) is 6.07 Å². The maximum Gasteiger partial charge on any atom is 0.337 e. The number of benzene rings is 1. The van der Waals surface area contributed by atoms with Crippen molar-refractivity contribution in [2.24, 2.45) is 0 Å². The Hall–Kier alpha value is -3.21. The number of nitrogens with one attached hydrogen (secondary N) is 1. The Bertz CT molecular complexity index is 699. The van der Waals surface area contributed by atoms with Gasteiger partial charge in [-0.1, -0.05) is 0 Å². The topological polar surface area (TPSA) is 110 Å². The molecular weight excluding hydrogens is 274 g/mol. The van der Waals surface area contributed by atoms with Crippen LogP contribution in [-0.2, 0) is 16.1 Å². The maximum absolute atomic E-state index is 11.8. The van der Waals surface area contributed by atoms with Gasteiger partial charge in [0.2, 0.25) is 5.91 Å². The first kappa shape index (κ1) is 14.2. The number of amides is 1. The fraction of sp³-hybridized carbons (Fsp3) is 0.154. The van der Waals surface area contributed by atoms with Crippen molar-refractivity contribution in [3.63, 3.8) is 0 Å². The van der Waals surface area contributed by atoms with Crippen molar-refractivity contribution < 1.29 is 14.3 Å². The van der Waals surface area contributed by atoms with Gasteiger partial charge in [0.1, 0.15) is 18.9 Å². The van der Waals surface area contributed by atoms with Crippen LogP contribution in [0.1, 0.15) is 16.2 Å². The average Bonchev–Trinajstić information content (AvgIpc) is 2.94. The van der Waals surface area contributed by atoms with E-state index in [9.17, 15) is 9.59 Å². The predicted octanol–water partition coefficient (Wildman–Crippen LogP) is 0.575. The second-order valence-electron chi connectivity index (χ2n) is 3.99. The fourth-order valence-electron chi connectivity index (χ4n) is 1.58. The number of ether oxygens (including phenoxy) is 1. The number of esters is 1. The minimum Gasteiger partial charge on any atom is -0.465 e. The molecule has 0 fully saturated rings. The Morgan fingerprint density at radius 2 is 2.10 bits per heavy atom. The van der Waals surface area contributed by atoms with E-state index in [1.54, 1.807) is 30.3 Å². The van der Waals surface area contributed by atoms with E-state index in [4.69, 9.17) is 5.26 Å². The normalized spacial score (nSPS) is 9.71. The SMILES string of the molecule is COC(=O)c1ccc(NC(=O)Cn2cnc(C#N)n2)cc1. The Labute approximate surface area is 120 Å². The lowest BCUT2D eigenvalue weighted by molar-refractivity contribution is -0.116. The molecule has 0 atom stereocenters. The zero-order chi connectivity index (χ0) is 15.2. The first-order valence-electron chi connectivity index (χ1n) is 5.90. The molecule has 0 unspecified atom stereocenters. The molecule has 1 heterocycles. The van der Waals surface area contributed by atoms with Gasteiger partial charge in [-0.25, -0.2) is 14.5 Å². The van der Waals surface area contributed by atoms with Crippen molar-refractivity contribution in [1.29, 1.82) is 5.26 Å². The number of hydrogen-bond donors (Lipinski definition) is 1. The van der Waals surface area contributed by atoms with Crippen molar-refractivity contribution in [2.75, 3.05) is 12.4 Å². The Kier molecular flexibility index (Phi) is 4.26. The summed E-state index contributed by atoms with van der Waals surface area (Å²) in [5, 5.41) is 15.0. The van der Waals surface area contributed by atoms with Gasteiger partial charge in [0.25, 0.3) is 5.82 Å². The van der Waals surface area contributed by atoms with E-state index >= 15 is 0 Å². The van der Waals surface area contributed by atoms with Gasteiger partial charge in [0, 0.05) is 5.69 Å². The molecule has 0 saturated heterocycles. The third-order valence-corrected chi connectivity index (χ3v) is 2.53. The van der Waals surface area contributed by atoms with Gasteiger partial charge in [-0.3, -0.25) is 4.79 Å². The standard InChI is InChI=1S/C13H11N5O3/c1-21-13(20)9-2-4-10(5-3-9)16-12(19)7-18-8-15-11(6-14)17-18/h2-5,8H,7H2,1H3,(H,16,19). The molecule has 0 aliphatic heterocycles. The lowest BCUT2D eigenvalue weighted by Gasteiger charge is -2.05. The summed E-state index contributed by atoms with van der Waals surface area (Å²) >= 11 is 0. The highest BCUT2D eigenvalue weighted by atomic mass is 16.5. The highest BCUT2D eigenvalue weighted by Gasteiger charge is 2.08. The van der Waals surface area contributed by atoms with Gasteiger partial charge in [0.15, 0.2) is 0 Å². The molecule has 1 amide bonds. The van der Waals surface area contributed by atoms with E-state index in [1.165, 1.54) is 18.1 Å². The lowest BCUT2D eigenvalue weighted by Crippen LogP contribution is -2.19. The van der Waals surface area contributed by atoms with Crippen LogP contribution >= 0.6 is 0 Å². The Balaban J connectivity index is 1.96. The minimum absolute atomic E-state index is 0.00484. The second-order valence-corrected chi connectivity index (χ2v) is 3.99. The molecule has 2 rings (SSSR count). The van der Waals surface area contributed by atoms with Crippen molar-refractivity contribution in [1.82, 2.24) is 14.8 Å². The van der Waals surface area contributed by atoms with Gasteiger partial charge >= 0.3 is 5.97 Å². The summed E-state index contributed by atoms with van der Waals surface area (Å²) < 4.78 is 5.84. The van der Waals surface area contributed by atoms with Crippen LogP contribution in [-0.4, -0.2) is 33.8 Å². The molecule has 0 bridgehead atoms. The quantitative estimate of drug-likeness (QED) is 0.822. The molecule has 1 N–H and O–H groups in total. The van der Waals surface area contributed by atoms with Crippen LogP contribution in [0.5, 0.6) is 0 Å². The zero-order valence-electron chi connectivity index (χ0n) is 11.1. The largest absolute Gasteiger partial charge is 0.465 e. The molecule has 0 aliphatic rings. The number of carbonyl (C=O) groups is 2. The average molecular weight is 285 g/mol. The number of hydrogen-bond acceptors (Lipinski definition) is 6. The second kappa shape index (κ2) is 6.29. The Morgan fingerprint density at radius 1 is 1.38 bits per heavy atom. The summed E-state index contributed by atoms with van der Waals surface area (Å²) in [5.74, 6) is -0.764. The van der Waals surface area contributed by atoms with Gasteiger partial charge in [-0.15, -0.1) is 5.10 Å². The summed E-state index contributed by atoms with van der Waals surface area (Å²) in [6, 6.07) is 8.05. The van der Waals surface area contributed by atoms with E-state index in [0.29, 0.717) is 11.3 Å². The first-order valence-corrected chi connectivity index (χ1v) is 5.90.